The van der Waals surface area contributed by atoms with E-state index in [0.717, 1.165) is 26.9 Å². The van der Waals surface area contributed by atoms with Gasteiger partial charge in [-0.05, 0) is 72.4 Å². The summed E-state index contributed by atoms with van der Waals surface area (Å²) in [5, 5.41) is 0. The fourth-order valence-corrected chi connectivity index (χ4v) is 6.86. The lowest BCUT2D eigenvalue weighted by atomic mass is 9.92. The predicted molar refractivity (Wildman–Crippen MR) is 126 cm³/mol. The molecule has 2 aliphatic heterocycles. The molecule has 0 spiro atoms. The van der Waals surface area contributed by atoms with Crippen molar-refractivity contribution in [1.82, 2.24) is 4.90 Å². The molecule has 154 valence electrons. The number of rotatable bonds is 4. The lowest BCUT2D eigenvalue weighted by molar-refractivity contribution is 0.0785. The van der Waals surface area contributed by atoms with Crippen LogP contribution in [0.2, 0.25) is 0 Å². The van der Waals surface area contributed by atoms with Gasteiger partial charge in [0.2, 0.25) is 0 Å². The monoisotopic (exact) mass is 537 g/mol. The number of ketones is 1. The number of thioether (sulfide) groups is 1. The van der Waals surface area contributed by atoms with E-state index in [1.54, 1.807) is 11.8 Å². The molecule has 0 radical (unpaired) electrons. The van der Waals surface area contributed by atoms with E-state index in [2.05, 4.69) is 74.9 Å². The molecule has 0 saturated carbocycles. The van der Waals surface area contributed by atoms with Gasteiger partial charge in [-0.1, -0.05) is 40.5 Å². The number of hydrogen-bond acceptors (Lipinski definition) is 4. The Morgan fingerprint density at radius 1 is 1.24 bits per heavy atom. The molecule has 2 heterocycles. The number of carbonyl (C=O) groups is 1. The number of carbonyl (C=O) groups excluding carboxylic acids is 1. The second-order valence-corrected chi connectivity index (χ2v) is 11.5. The van der Waals surface area contributed by atoms with Gasteiger partial charge in [0, 0.05) is 22.5 Å². The maximum atomic E-state index is 13.9. The molecule has 29 heavy (non-hydrogen) atoms. The minimum atomic E-state index is -0.653. The van der Waals surface area contributed by atoms with Crippen LogP contribution in [-0.2, 0) is 0 Å². The topological polar surface area (TPSA) is 29.5 Å². The zero-order chi connectivity index (χ0) is 20.6. The molecule has 2 aliphatic rings. The lowest BCUT2D eigenvalue weighted by Gasteiger charge is -2.41. The second-order valence-electron chi connectivity index (χ2n) is 8.27. The van der Waals surface area contributed by atoms with Crippen molar-refractivity contribution in [2.75, 3.05) is 26.2 Å². The molecule has 1 saturated heterocycles. The Kier molecular flexibility index (Phi) is 6.45. The first-order chi connectivity index (χ1) is 13.9. The first kappa shape index (κ1) is 21.4. The number of benzene rings is 2. The molecule has 0 aliphatic carbocycles. The maximum absolute atomic E-state index is 13.9. The number of piperidine rings is 1. The summed E-state index contributed by atoms with van der Waals surface area (Å²) in [6.07, 6.45) is 2.46. The van der Waals surface area contributed by atoms with Crippen molar-refractivity contribution in [3.05, 3.63) is 56.5 Å². The fourth-order valence-electron chi connectivity index (χ4n) is 4.22. The van der Waals surface area contributed by atoms with Gasteiger partial charge in [0.1, 0.15) is 17.1 Å². The normalized spacial score (nSPS) is 24.8. The molecule has 6 heteroatoms. The Labute approximate surface area is 193 Å². The second kappa shape index (κ2) is 8.74. The van der Waals surface area contributed by atoms with Crippen molar-refractivity contribution in [2.24, 2.45) is 5.92 Å². The SMILES string of the molecule is Cc1ccc(S[C@@]2(CN3CCC[C@H](C)C3)COc3c(Br)cc(Br)cc3C2=O)cc1. The molecule has 4 rings (SSSR count). The van der Waals surface area contributed by atoms with Crippen LogP contribution in [0.4, 0.5) is 0 Å². The lowest BCUT2D eigenvalue weighted by Crippen LogP contribution is -2.54. The summed E-state index contributed by atoms with van der Waals surface area (Å²) in [6.45, 7) is 7.55. The van der Waals surface area contributed by atoms with Crippen LogP contribution in [0.1, 0.15) is 35.7 Å². The zero-order valence-electron chi connectivity index (χ0n) is 16.7. The van der Waals surface area contributed by atoms with E-state index >= 15 is 0 Å². The quantitative estimate of drug-likeness (QED) is 0.453. The Morgan fingerprint density at radius 2 is 2.00 bits per heavy atom. The first-order valence-corrected chi connectivity index (χ1v) is 12.4. The van der Waals surface area contributed by atoms with Crippen LogP contribution in [0, 0.1) is 12.8 Å². The Bertz CT molecular complexity index is 918. The third kappa shape index (κ3) is 4.60. The van der Waals surface area contributed by atoms with E-state index in [9.17, 15) is 4.79 Å². The van der Waals surface area contributed by atoms with Crippen molar-refractivity contribution in [3.63, 3.8) is 0 Å². The first-order valence-electron chi connectivity index (χ1n) is 10.0. The third-order valence-electron chi connectivity index (χ3n) is 5.67. The van der Waals surface area contributed by atoms with Crippen LogP contribution in [0.3, 0.4) is 0 Å². The molecule has 2 atom stereocenters. The molecule has 0 amide bonds. The average molecular weight is 539 g/mol. The van der Waals surface area contributed by atoms with Crippen LogP contribution >= 0.6 is 43.6 Å². The summed E-state index contributed by atoms with van der Waals surface area (Å²) < 4.78 is 7.26. The maximum Gasteiger partial charge on any atom is 0.187 e. The van der Waals surface area contributed by atoms with E-state index in [1.165, 1.54) is 18.4 Å². The highest BCUT2D eigenvalue weighted by Gasteiger charge is 2.47. The smallest absolute Gasteiger partial charge is 0.187 e. The predicted octanol–water partition coefficient (Wildman–Crippen LogP) is 6.36. The van der Waals surface area contributed by atoms with Crippen molar-refractivity contribution >= 4 is 49.4 Å². The van der Waals surface area contributed by atoms with Gasteiger partial charge in [0.25, 0.3) is 0 Å². The highest BCUT2D eigenvalue weighted by atomic mass is 79.9. The van der Waals surface area contributed by atoms with Crippen LogP contribution in [0.5, 0.6) is 5.75 Å². The van der Waals surface area contributed by atoms with Crippen molar-refractivity contribution in [1.29, 1.82) is 0 Å². The number of nitrogens with zero attached hydrogens (tertiary/aromatic N) is 1. The number of likely N-dealkylation sites (tertiary alicyclic amines) is 1. The molecule has 2 aromatic carbocycles. The molecule has 0 N–H and O–H groups in total. The van der Waals surface area contributed by atoms with Crippen LogP contribution in [0.15, 0.2) is 50.2 Å². The van der Waals surface area contributed by atoms with Gasteiger partial charge >= 0.3 is 0 Å². The van der Waals surface area contributed by atoms with E-state index in [1.807, 2.05) is 12.1 Å². The molecular weight excluding hydrogens is 514 g/mol. The molecule has 0 unspecified atom stereocenters. The van der Waals surface area contributed by atoms with E-state index < -0.39 is 4.75 Å². The summed E-state index contributed by atoms with van der Waals surface area (Å²) >= 11 is 8.74. The molecule has 0 aromatic heterocycles. The molecule has 1 fully saturated rings. The number of halogens is 2. The highest BCUT2D eigenvalue weighted by molar-refractivity contribution is 9.11. The third-order valence-corrected chi connectivity index (χ3v) is 8.05. The van der Waals surface area contributed by atoms with Gasteiger partial charge in [-0.3, -0.25) is 4.79 Å². The van der Waals surface area contributed by atoms with Gasteiger partial charge in [0.15, 0.2) is 5.78 Å². The number of Topliss-reactive ketones (excluding diaryl/α,β-unsaturated/α-hetero) is 1. The van der Waals surface area contributed by atoms with Gasteiger partial charge in [-0.15, -0.1) is 11.8 Å². The Morgan fingerprint density at radius 3 is 2.72 bits per heavy atom. The van der Waals surface area contributed by atoms with Gasteiger partial charge < -0.3 is 9.64 Å². The van der Waals surface area contributed by atoms with Crippen molar-refractivity contribution in [3.8, 4) is 5.75 Å². The Balaban J connectivity index is 1.71. The minimum Gasteiger partial charge on any atom is -0.490 e. The van der Waals surface area contributed by atoms with E-state index in [0.29, 0.717) is 30.4 Å². The fraction of sp³-hybridized carbons (Fsp3) is 0.435. The number of fused-ring (bicyclic) bond motifs is 1. The van der Waals surface area contributed by atoms with Crippen molar-refractivity contribution < 1.29 is 9.53 Å². The summed E-state index contributed by atoms with van der Waals surface area (Å²) in [5.74, 6) is 1.48. The number of ether oxygens (including phenoxy) is 1. The standard InChI is InChI=1S/C23H25Br2NO2S/c1-15-5-7-18(8-6-15)29-23(13-26-9-3-4-16(2)12-26)14-28-21-19(22(23)27)10-17(24)11-20(21)25/h5-8,10-11,16H,3-4,9,12-14H2,1-2H3/t16-,23-/m0/s1. The average Bonchev–Trinajstić information content (AvgIpc) is 2.67. The highest BCUT2D eigenvalue weighted by Crippen LogP contribution is 2.45. The van der Waals surface area contributed by atoms with Crippen LogP contribution < -0.4 is 4.74 Å². The van der Waals surface area contributed by atoms with E-state index in [-0.39, 0.29) is 5.78 Å². The van der Waals surface area contributed by atoms with Gasteiger partial charge in [0.05, 0.1) is 10.0 Å². The number of aryl methyl sites for hydroxylation is 1. The summed E-state index contributed by atoms with van der Waals surface area (Å²) in [5.41, 5.74) is 1.87. The van der Waals surface area contributed by atoms with Crippen LogP contribution in [0.25, 0.3) is 0 Å². The summed E-state index contributed by atoms with van der Waals surface area (Å²) in [7, 11) is 0. The van der Waals surface area contributed by atoms with Gasteiger partial charge in [-0.25, -0.2) is 0 Å². The number of hydrogen-bond donors (Lipinski definition) is 0. The Hall–Kier alpha value is -0.820. The summed E-state index contributed by atoms with van der Waals surface area (Å²) in [4.78, 5) is 17.5. The summed E-state index contributed by atoms with van der Waals surface area (Å²) in [6, 6.07) is 12.3. The molecule has 0 bridgehead atoms. The van der Waals surface area contributed by atoms with Crippen LogP contribution in [-0.4, -0.2) is 41.7 Å². The van der Waals surface area contributed by atoms with E-state index in [4.69, 9.17) is 4.74 Å². The molecule has 2 aromatic rings. The van der Waals surface area contributed by atoms with Gasteiger partial charge in [-0.2, -0.15) is 0 Å². The molecule has 3 nitrogen and oxygen atoms in total. The minimum absolute atomic E-state index is 0.157. The zero-order valence-corrected chi connectivity index (χ0v) is 20.7. The largest absolute Gasteiger partial charge is 0.490 e. The van der Waals surface area contributed by atoms with Crippen molar-refractivity contribution in [2.45, 2.75) is 36.3 Å². The molecular formula is C23H25Br2NO2S.